The number of nitro benzene ring substituents is 1. The maximum atomic E-state index is 12.4. The summed E-state index contributed by atoms with van der Waals surface area (Å²) in [5.41, 5.74) is 0.904. The van der Waals surface area contributed by atoms with E-state index in [9.17, 15) is 14.7 Å². The summed E-state index contributed by atoms with van der Waals surface area (Å²) >= 11 is 0. The van der Waals surface area contributed by atoms with Crippen molar-refractivity contribution in [3.63, 3.8) is 0 Å². The van der Waals surface area contributed by atoms with E-state index in [-0.39, 0.29) is 25.2 Å². The first-order chi connectivity index (χ1) is 10.5. The van der Waals surface area contributed by atoms with Crippen LogP contribution in [0.4, 0.5) is 5.69 Å². The van der Waals surface area contributed by atoms with Crippen molar-refractivity contribution in [2.24, 2.45) is 0 Å². The van der Waals surface area contributed by atoms with E-state index in [0.29, 0.717) is 13.0 Å². The molecule has 1 aromatic carbocycles. The highest BCUT2D eigenvalue weighted by atomic mass is 31.2. The minimum atomic E-state index is -3.21. The third-order valence-corrected chi connectivity index (χ3v) is 4.50. The molecule has 8 heteroatoms. The standard InChI is InChI=1S/C14H21N2O5P/c1-3-10-20-22(19,12-15-4-2)21-11-9-13-5-7-14(8-6-13)16(17)18/h3,5-8,15H,1,4,9-12H2,2H3. The highest BCUT2D eigenvalue weighted by Crippen LogP contribution is 2.46. The highest BCUT2D eigenvalue weighted by Gasteiger charge is 2.23. The molecule has 0 heterocycles. The monoisotopic (exact) mass is 328 g/mol. The molecule has 7 nitrogen and oxygen atoms in total. The molecule has 0 aliphatic carbocycles. The highest BCUT2D eigenvalue weighted by molar-refractivity contribution is 7.53. The number of hydrogen-bond acceptors (Lipinski definition) is 6. The molecule has 0 aliphatic heterocycles. The van der Waals surface area contributed by atoms with Gasteiger partial charge in [0.25, 0.3) is 5.69 Å². The molecule has 0 bridgehead atoms. The zero-order valence-electron chi connectivity index (χ0n) is 12.6. The number of nitrogens with one attached hydrogen (secondary N) is 1. The van der Waals surface area contributed by atoms with Crippen LogP contribution in [-0.2, 0) is 20.0 Å². The van der Waals surface area contributed by atoms with Gasteiger partial charge >= 0.3 is 7.60 Å². The van der Waals surface area contributed by atoms with Gasteiger partial charge in [0, 0.05) is 12.1 Å². The van der Waals surface area contributed by atoms with E-state index >= 15 is 0 Å². The van der Waals surface area contributed by atoms with Crippen molar-refractivity contribution in [2.45, 2.75) is 13.3 Å². The molecule has 1 N–H and O–H groups in total. The second kappa shape index (κ2) is 9.48. The molecular formula is C14H21N2O5P. The van der Waals surface area contributed by atoms with Crippen LogP contribution in [0.15, 0.2) is 36.9 Å². The summed E-state index contributed by atoms with van der Waals surface area (Å²) in [4.78, 5) is 10.1. The normalized spacial score (nSPS) is 13.5. The van der Waals surface area contributed by atoms with Gasteiger partial charge in [-0.2, -0.15) is 0 Å². The first kappa shape index (κ1) is 18.5. The quantitative estimate of drug-likeness (QED) is 0.290. The van der Waals surface area contributed by atoms with Gasteiger partial charge in [-0.05, 0) is 18.5 Å². The Morgan fingerprint density at radius 2 is 2.05 bits per heavy atom. The lowest BCUT2D eigenvalue weighted by atomic mass is 10.1. The molecule has 0 saturated carbocycles. The Labute approximate surface area is 130 Å². The predicted octanol–water partition coefficient (Wildman–Crippen LogP) is 3.12. The average Bonchev–Trinajstić information content (AvgIpc) is 2.52. The van der Waals surface area contributed by atoms with E-state index in [2.05, 4.69) is 11.9 Å². The Bertz CT molecular complexity index is 533. The van der Waals surface area contributed by atoms with Gasteiger partial charge in [0.15, 0.2) is 0 Å². The first-order valence-corrected chi connectivity index (χ1v) is 8.66. The predicted molar refractivity (Wildman–Crippen MR) is 85.1 cm³/mol. The topological polar surface area (TPSA) is 90.7 Å². The second-order valence-corrected chi connectivity index (χ2v) is 6.52. The molecule has 1 unspecified atom stereocenters. The van der Waals surface area contributed by atoms with Gasteiger partial charge in [0.05, 0.1) is 24.4 Å². The van der Waals surface area contributed by atoms with Crippen LogP contribution >= 0.6 is 7.60 Å². The fourth-order valence-corrected chi connectivity index (χ4v) is 3.09. The zero-order valence-corrected chi connectivity index (χ0v) is 13.5. The summed E-state index contributed by atoms with van der Waals surface area (Å²) in [6.45, 7) is 6.43. The Morgan fingerprint density at radius 3 is 2.59 bits per heavy atom. The van der Waals surface area contributed by atoms with Crippen LogP contribution in [0.2, 0.25) is 0 Å². The largest absolute Gasteiger partial charge is 0.344 e. The lowest BCUT2D eigenvalue weighted by Gasteiger charge is -2.18. The van der Waals surface area contributed by atoms with E-state index in [0.717, 1.165) is 5.56 Å². The molecule has 22 heavy (non-hydrogen) atoms. The summed E-state index contributed by atoms with van der Waals surface area (Å²) in [5, 5.41) is 13.5. The number of nitrogens with zero attached hydrogens (tertiary/aromatic N) is 1. The number of rotatable bonds is 11. The molecular weight excluding hydrogens is 307 g/mol. The number of hydrogen-bond donors (Lipinski definition) is 1. The molecule has 1 rings (SSSR count). The smallest absolute Gasteiger partial charge is 0.307 e. The van der Waals surface area contributed by atoms with E-state index < -0.39 is 12.5 Å². The van der Waals surface area contributed by atoms with Gasteiger partial charge in [-0.25, -0.2) is 0 Å². The van der Waals surface area contributed by atoms with E-state index in [1.807, 2.05) is 6.92 Å². The summed E-state index contributed by atoms with van der Waals surface area (Å²) in [6.07, 6.45) is 2.14. The van der Waals surface area contributed by atoms with E-state index in [1.165, 1.54) is 18.2 Å². The Morgan fingerprint density at radius 1 is 1.36 bits per heavy atom. The average molecular weight is 328 g/mol. The summed E-state index contributed by atoms with van der Waals surface area (Å²) < 4.78 is 23.1. The fraction of sp³-hybridized carbons (Fsp3) is 0.429. The summed E-state index contributed by atoms with van der Waals surface area (Å²) in [5.74, 6) is 0. The number of nitro groups is 1. The minimum absolute atomic E-state index is 0.0387. The van der Waals surface area contributed by atoms with Crippen molar-refractivity contribution < 1.29 is 18.5 Å². The van der Waals surface area contributed by atoms with Crippen LogP contribution in [0, 0.1) is 10.1 Å². The Balaban J connectivity index is 2.52. The molecule has 0 spiro atoms. The minimum Gasteiger partial charge on any atom is -0.307 e. The first-order valence-electron chi connectivity index (χ1n) is 6.94. The van der Waals surface area contributed by atoms with Crippen LogP contribution in [0.1, 0.15) is 12.5 Å². The molecule has 0 aromatic heterocycles. The second-order valence-electron chi connectivity index (χ2n) is 4.46. The molecule has 0 fully saturated rings. The number of non-ortho nitro benzene ring substituents is 1. The molecule has 122 valence electrons. The van der Waals surface area contributed by atoms with Crippen LogP contribution in [0.25, 0.3) is 0 Å². The molecule has 0 radical (unpaired) electrons. The fourth-order valence-electron chi connectivity index (χ4n) is 1.63. The lowest BCUT2D eigenvalue weighted by molar-refractivity contribution is -0.384. The van der Waals surface area contributed by atoms with Gasteiger partial charge in [-0.1, -0.05) is 25.1 Å². The third kappa shape index (κ3) is 6.49. The van der Waals surface area contributed by atoms with Crippen LogP contribution < -0.4 is 5.32 Å². The molecule has 0 amide bonds. The lowest BCUT2D eigenvalue weighted by Crippen LogP contribution is -2.17. The van der Waals surface area contributed by atoms with Crippen molar-refractivity contribution in [3.8, 4) is 0 Å². The van der Waals surface area contributed by atoms with E-state index in [4.69, 9.17) is 9.05 Å². The van der Waals surface area contributed by atoms with Crippen molar-refractivity contribution in [3.05, 3.63) is 52.6 Å². The van der Waals surface area contributed by atoms with Crippen molar-refractivity contribution >= 4 is 13.3 Å². The Hall–Kier alpha value is -1.53. The van der Waals surface area contributed by atoms with Gasteiger partial charge in [-0.15, -0.1) is 6.58 Å². The van der Waals surface area contributed by atoms with E-state index in [1.54, 1.807) is 12.1 Å². The van der Waals surface area contributed by atoms with Crippen molar-refractivity contribution in [2.75, 3.05) is 26.0 Å². The van der Waals surface area contributed by atoms with Crippen molar-refractivity contribution in [1.29, 1.82) is 0 Å². The van der Waals surface area contributed by atoms with Gasteiger partial charge in [0.1, 0.15) is 0 Å². The molecule has 0 aliphatic rings. The maximum Gasteiger partial charge on any atom is 0.344 e. The number of benzene rings is 1. The maximum absolute atomic E-state index is 12.4. The summed E-state index contributed by atoms with van der Waals surface area (Å²) in [7, 11) is -3.21. The Kier molecular flexibility index (Phi) is 7.98. The SMILES string of the molecule is C=CCOP(=O)(CNCC)OCCc1ccc([N+](=O)[O-])cc1. The van der Waals surface area contributed by atoms with Gasteiger partial charge < -0.3 is 14.4 Å². The zero-order chi connectivity index (χ0) is 16.4. The van der Waals surface area contributed by atoms with Crippen molar-refractivity contribution in [1.82, 2.24) is 5.32 Å². The summed E-state index contributed by atoms with van der Waals surface area (Å²) in [6, 6.07) is 6.17. The third-order valence-electron chi connectivity index (χ3n) is 2.77. The molecule has 1 atom stereocenters. The van der Waals surface area contributed by atoms with Crippen LogP contribution in [-0.4, -0.2) is 31.0 Å². The van der Waals surface area contributed by atoms with Crippen LogP contribution in [0.5, 0.6) is 0 Å². The van der Waals surface area contributed by atoms with Crippen LogP contribution in [0.3, 0.4) is 0 Å². The van der Waals surface area contributed by atoms with Gasteiger partial charge in [-0.3, -0.25) is 14.7 Å². The molecule has 0 saturated heterocycles. The molecule has 1 aromatic rings. The van der Waals surface area contributed by atoms with Gasteiger partial charge in [0.2, 0.25) is 0 Å².